The van der Waals surface area contributed by atoms with Crippen LogP contribution in [0.25, 0.3) is 10.9 Å². The molecule has 0 fully saturated rings. The number of para-hydroxylation sites is 1. The van der Waals surface area contributed by atoms with Gasteiger partial charge in [-0.3, -0.25) is 4.79 Å². The third-order valence-electron chi connectivity index (χ3n) is 2.07. The van der Waals surface area contributed by atoms with Crippen molar-refractivity contribution in [3.63, 3.8) is 0 Å². The van der Waals surface area contributed by atoms with Crippen LogP contribution in [0.5, 0.6) is 5.75 Å². The van der Waals surface area contributed by atoms with Gasteiger partial charge in [-0.05, 0) is 12.1 Å². The van der Waals surface area contributed by atoms with Crippen molar-refractivity contribution in [2.45, 2.75) is 0 Å². The van der Waals surface area contributed by atoms with Gasteiger partial charge in [0.1, 0.15) is 11.3 Å². The second-order valence-corrected chi connectivity index (χ2v) is 3.01. The van der Waals surface area contributed by atoms with Gasteiger partial charge in [0, 0.05) is 5.39 Å². The number of nitrogens with two attached hydrogens (primary N) is 1. The summed E-state index contributed by atoms with van der Waals surface area (Å²) >= 11 is 0. The predicted molar refractivity (Wildman–Crippen MR) is 51.9 cm³/mol. The van der Waals surface area contributed by atoms with Crippen LogP contribution in [-0.2, 0) is 0 Å². The van der Waals surface area contributed by atoms with E-state index in [2.05, 4.69) is 4.98 Å². The summed E-state index contributed by atoms with van der Waals surface area (Å²) < 4.78 is 13.3. The highest BCUT2D eigenvalue weighted by Crippen LogP contribution is 2.28. The molecule has 1 amide bonds. The van der Waals surface area contributed by atoms with Gasteiger partial charge in [-0.2, -0.15) is 4.39 Å². The third kappa shape index (κ3) is 1.38. The van der Waals surface area contributed by atoms with Crippen LogP contribution in [0.3, 0.4) is 0 Å². The van der Waals surface area contributed by atoms with Crippen molar-refractivity contribution in [2.75, 3.05) is 0 Å². The fraction of sp³-hybridized carbons (Fsp3) is 0. The van der Waals surface area contributed by atoms with E-state index in [1.54, 1.807) is 12.1 Å². The van der Waals surface area contributed by atoms with Crippen LogP contribution in [0.15, 0.2) is 24.3 Å². The molecule has 0 saturated heterocycles. The van der Waals surface area contributed by atoms with Gasteiger partial charge in [-0.1, -0.05) is 12.1 Å². The lowest BCUT2D eigenvalue weighted by molar-refractivity contribution is 0.0993. The van der Waals surface area contributed by atoms with Gasteiger partial charge >= 0.3 is 0 Å². The van der Waals surface area contributed by atoms with Crippen LogP contribution >= 0.6 is 0 Å². The lowest BCUT2D eigenvalue weighted by atomic mass is 10.1. The van der Waals surface area contributed by atoms with E-state index in [9.17, 15) is 14.3 Å². The van der Waals surface area contributed by atoms with E-state index in [1.165, 1.54) is 12.1 Å². The average molecular weight is 206 g/mol. The summed E-state index contributed by atoms with van der Waals surface area (Å²) in [6.45, 7) is 0. The van der Waals surface area contributed by atoms with Crippen molar-refractivity contribution >= 4 is 16.8 Å². The third-order valence-corrected chi connectivity index (χ3v) is 2.07. The molecule has 3 N–H and O–H groups in total. The first-order chi connectivity index (χ1) is 7.11. The van der Waals surface area contributed by atoms with E-state index >= 15 is 0 Å². The number of amides is 1. The summed E-state index contributed by atoms with van der Waals surface area (Å²) in [6, 6.07) is 6.36. The van der Waals surface area contributed by atoms with Gasteiger partial charge in [0.15, 0.2) is 0 Å². The standard InChI is InChI=1S/C10H7FN2O2/c11-9-7(10(12)15)8(14)5-3-1-2-4-6(5)13-9/h1-4H,(H2,12,15)(H,13,14). The maximum absolute atomic E-state index is 13.3. The van der Waals surface area contributed by atoms with Gasteiger partial charge in [0.25, 0.3) is 5.91 Å². The highest BCUT2D eigenvalue weighted by Gasteiger charge is 2.18. The van der Waals surface area contributed by atoms with Crippen molar-refractivity contribution < 1.29 is 14.3 Å². The number of aromatic nitrogens is 1. The monoisotopic (exact) mass is 206 g/mol. The van der Waals surface area contributed by atoms with Crippen molar-refractivity contribution in [3.8, 4) is 5.75 Å². The van der Waals surface area contributed by atoms with E-state index in [0.29, 0.717) is 5.39 Å². The van der Waals surface area contributed by atoms with Crippen LogP contribution in [0, 0.1) is 5.95 Å². The molecule has 0 radical (unpaired) electrons. The summed E-state index contributed by atoms with van der Waals surface area (Å²) in [5, 5.41) is 9.92. The number of nitrogens with zero attached hydrogens (tertiary/aromatic N) is 1. The van der Waals surface area contributed by atoms with E-state index in [-0.39, 0.29) is 5.52 Å². The maximum atomic E-state index is 13.3. The molecule has 0 aliphatic rings. The Labute approximate surface area is 84.2 Å². The smallest absolute Gasteiger partial charge is 0.257 e. The summed E-state index contributed by atoms with van der Waals surface area (Å²) in [5.41, 5.74) is 4.63. The topological polar surface area (TPSA) is 76.2 Å². The molecule has 5 heteroatoms. The van der Waals surface area contributed by atoms with E-state index in [1.807, 2.05) is 0 Å². The number of pyridine rings is 1. The number of primary amides is 1. The molecule has 1 aromatic carbocycles. The Hall–Kier alpha value is -2.17. The molecule has 1 aromatic heterocycles. The van der Waals surface area contributed by atoms with Crippen LogP contribution in [-0.4, -0.2) is 16.0 Å². The molecule has 15 heavy (non-hydrogen) atoms. The van der Waals surface area contributed by atoms with Crippen LogP contribution in [0.2, 0.25) is 0 Å². The number of rotatable bonds is 1. The molecule has 0 bridgehead atoms. The average Bonchev–Trinajstić information content (AvgIpc) is 2.17. The van der Waals surface area contributed by atoms with Crippen molar-refractivity contribution in [3.05, 3.63) is 35.8 Å². The Kier molecular flexibility index (Phi) is 2.00. The van der Waals surface area contributed by atoms with Crippen molar-refractivity contribution in [1.29, 1.82) is 0 Å². The van der Waals surface area contributed by atoms with Crippen LogP contribution < -0.4 is 5.73 Å². The zero-order chi connectivity index (χ0) is 11.0. The van der Waals surface area contributed by atoms with Gasteiger partial charge in [-0.15, -0.1) is 0 Å². The number of aromatic hydroxyl groups is 1. The summed E-state index contributed by atoms with van der Waals surface area (Å²) in [6.07, 6.45) is 0. The molecule has 4 nitrogen and oxygen atoms in total. The molecule has 0 unspecified atom stereocenters. The Morgan fingerprint density at radius 1 is 1.40 bits per heavy atom. The first-order valence-corrected chi connectivity index (χ1v) is 4.18. The Balaban J connectivity index is 2.90. The summed E-state index contributed by atoms with van der Waals surface area (Å²) in [4.78, 5) is 14.4. The molecule has 0 aliphatic carbocycles. The second kappa shape index (κ2) is 3.20. The molecule has 0 aliphatic heterocycles. The minimum atomic E-state index is -1.06. The molecule has 2 aromatic rings. The number of carbonyl (C=O) groups is 1. The number of benzene rings is 1. The fourth-order valence-corrected chi connectivity index (χ4v) is 1.38. The number of hydrogen-bond acceptors (Lipinski definition) is 3. The largest absolute Gasteiger partial charge is 0.506 e. The predicted octanol–water partition coefficient (Wildman–Crippen LogP) is 1.18. The Morgan fingerprint density at radius 2 is 2.07 bits per heavy atom. The van der Waals surface area contributed by atoms with Gasteiger partial charge in [-0.25, -0.2) is 4.98 Å². The number of halogens is 1. The number of carbonyl (C=O) groups excluding carboxylic acids is 1. The zero-order valence-corrected chi connectivity index (χ0v) is 7.57. The molecule has 0 atom stereocenters. The second-order valence-electron chi connectivity index (χ2n) is 3.01. The summed E-state index contributed by atoms with van der Waals surface area (Å²) in [7, 11) is 0. The highest BCUT2D eigenvalue weighted by molar-refractivity contribution is 6.01. The summed E-state index contributed by atoms with van der Waals surface area (Å²) in [5.74, 6) is -2.56. The first kappa shape index (κ1) is 9.39. The molecule has 0 saturated carbocycles. The van der Waals surface area contributed by atoms with E-state index < -0.39 is 23.2 Å². The number of hydrogen-bond donors (Lipinski definition) is 2. The van der Waals surface area contributed by atoms with E-state index in [4.69, 9.17) is 5.73 Å². The van der Waals surface area contributed by atoms with Gasteiger partial charge in [0.2, 0.25) is 5.95 Å². The lowest BCUT2D eigenvalue weighted by Gasteiger charge is -2.05. The fourth-order valence-electron chi connectivity index (χ4n) is 1.38. The van der Waals surface area contributed by atoms with Crippen LogP contribution in [0.4, 0.5) is 4.39 Å². The van der Waals surface area contributed by atoms with E-state index in [0.717, 1.165) is 0 Å². The van der Waals surface area contributed by atoms with Crippen LogP contribution in [0.1, 0.15) is 10.4 Å². The quantitative estimate of drug-likeness (QED) is 0.688. The molecule has 0 spiro atoms. The SMILES string of the molecule is NC(=O)c1c(F)nc2ccccc2c1O. The maximum Gasteiger partial charge on any atom is 0.257 e. The molecule has 1 heterocycles. The first-order valence-electron chi connectivity index (χ1n) is 4.18. The van der Waals surface area contributed by atoms with Gasteiger partial charge in [0.05, 0.1) is 5.52 Å². The highest BCUT2D eigenvalue weighted by atomic mass is 19.1. The number of fused-ring (bicyclic) bond motifs is 1. The lowest BCUT2D eigenvalue weighted by Crippen LogP contribution is -2.14. The Bertz CT molecular complexity index is 554. The minimum absolute atomic E-state index is 0.275. The normalized spacial score (nSPS) is 10.5. The molecular weight excluding hydrogens is 199 g/mol. The Morgan fingerprint density at radius 3 is 2.73 bits per heavy atom. The zero-order valence-electron chi connectivity index (χ0n) is 7.57. The molecule has 2 rings (SSSR count). The van der Waals surface area contributed by atoms with Crippen molar-refractivity contribution in [2.24, 2.45) is 5.73 Å². The molecule has 76 valence electrons. The van der Waals surface area contributed by atoms with Gasteiger partial charge < -0.3 is 10.8 Å². The minimum Gasteiger partial charge on any atom is -0.506 e. The molecular formula is C10H7FN2O2. The van der Waals surface area contributed by atoms with Crippen molar-refractivity contribution in [1.82, 2.24) is 4.98 Å².